The Morgan fingerprint density at radius 2 is 2.33 bits per heavy atom. The molecular formula is C13H20N2O3. The molecule has 1 aliphatic rings. The molecule has 0 radical (unpaired) electrons. The first-order chi connectivity index (χ1) is 8.84. The van der Waals surface area contributed by atoms with Crippen molar-refractivity contribution in [3.63, 3.8) is 0 Å². The van der Waals surface area contributed by atoms with Gasteiger partial charge in [-0.1, -0.05) is 0 Å². The Balaban J connectivity index is 1.54. The lowest BCUT2D eigenvalue weighted by Gasteiger charge is -2.22. The van der Waals surface area contributed by atoms with Gasteiger partial charge in [-0.3, -0.25) is 4.79 Å². The third kappa shape index (κ3) is 4.50. The summed E-state index contributed by atoms with van der Waals surface area (Å²) < 4.78 is 10.8. The van der Waals surface area contributed by atoms with Gasteiger partial charge in [-0.05, 0) is 38.1 Å². The highest BCUT2D eigenvalue weighted by Gasteiger charge is 2.13. The maximum atomic E-state index is 11.5. The lowest BCUT2D eigenvalue weighted by Crippen LogP contribution is -2.33. The third-order valence-electron chi connectivity index (χ3n) is 3.01. The average Bonchev–Trinajstić information content (AvgIpc) is 2.91. The summed E-state index contributed by atoms with van der Waals surface area (Å²) in [5, 5.41) is 6.08. The molecule has 0 atom stereocenters. The van der Waals surface area contributed by atoms with Gasteiger partial charge >= 0.3 is 0 Å². The smallest absolute Gasteiger partial charge is 0.222 e. The molecule has 5 heteroatoms. The number of carbonyl (C=O) groups excluding carboxylic acids is 1. The number of amides is 1. The molecule has 1 aliphatic heterocycles. The molecule has 18 heavy (non-hydrogen) atoms. The van der Waals surface area contributed by atoms with E-state index in [-0.39, 0.29) is 5.91 Å². The maximum Gasteiger partial charge on any atom is 0.222 e. The minimum absolute atomic E-state index is 0.000310. The zero-order valence-electron chi connectivity index (χ0n) is 10.5. The zero-order valence-corrected chi connectivity index (χ0v) is 10.5. The van der Waals surface area contributed by atoms with Crippen molar-refractivity contribution in [3.05, 3.63) is 24.2 Å². The first-order valence-corrected chi connectivity index (χ1v) is 6.46. The van der Waals surface area contributed by atoms with Crippen LogP contribution in [0.25, 0.3) is 0 Å². The van der Waals surface area contributed by atoms with Gasteiger partial charge in [-0.15, -0.1) is 0 Å². The Bertz CT molecular complexity index is 345. The van der Waals surface area contributed by atoms with Crippen LogP contribution in [0, 0.1) is 0 Å². The number of hydrogen-bond acceptors (Lipinski definition) is 4. The van der Waals surface area contributed by atoms with E-state index in [0.29, 0.717) is 25.7 Å². The second-order valence-electron chi connectivity index (χ2n) is 4.43. The molecule has 0 aliphatic carbocycles. The fourth-order valence-electron chi connectivity index (χ4n) is 1.97. The van der Waals surface area contributed by atoms with E-state index in [2.05, 4.69) is 10.6 Å². The molecule has 1 aromatic rings. The van der Waals surface area contributed by atoms with E-state index in [4.69, 9.17) is 9.15 Å². The van der Waals surface area contributed by atoms with Crippen LogP contribution in [0.1, 0.15) is 25.0 Å². The minimum atomic E-state index is 0.000310. The van der Waals surface area contributed by atoms with Crippen molar-refractivity contribution in [1.29, 1.82) is 0 Å². The van der Waals surface area contributed by atoms with E-state index >= 15 is 0 Å². The predicted octanol–water partition coefficient (Wildman–Crippen LogP) is 1.05. The molecule has 100 valence electrons. The zero-order chi connectivity index (χ0) is 12.6. The van der Waals surface area contributed by atoms with Crippen molar-refractivity contribution in [3.8, 4) is 0 Å². The molecule has 5 nitrogen and oxygen atoms in total. The van der Waals surface area contributed by atoms with E-state index < -0.39 is 0 Å². The van der Waals surface area contributed by atoms with Gasteiger partial charge in [0.2, 0.25) is 5.91 Å². The van der Waals surface area contributed by atoms with E-state index in [9.17, 15) is 4.79 Å². The summed E-state index contributed by atoms with van der Waals surface area (Å²) in [4.78, 5) is 11.5. The van der Waals surface area contributed by atoms with Crippen molar-refractivity contribution in [1.82, 2.24) is 10.6 Å². The first kappa shape index (κ1) is 13.1. The maximum absolute atomic E-state index is 11.5. The van der Waals surface area contributed by atoms with Gasteiger partial charge in [0.05, 0.1) is 25.5 Å². The molecule has 0 saturated carbocycles. The molecule has 0 spiro atoms. The fourth-order valence-corrected chi connectivity index (χ4v) is 1.97. The molecular weight excluding hydrogens is 232 g/mol. The number of piperidine rings is 1. The lowest BCUT2D eigenvalue weighted by atomic mass is 10.1. The Morgan fingerprint density at radius 1 is 1.50 bits per heavy atom. The summed E-state index contributed by atoms with van der Waals surface area (Å²) >= 11 is 0. The van der Waals surface area contributed by atoms with Crippen molar-refractivity contribution >= 4 is 5.91 Å². The molecule has 1 fully saturated rings. The molecule has 0 aromatic carbocycles. The number of ether oxygens (including phenoxy) is 1. The van der Waals surface area contributed by atoms with Crippen LogP contribution >= 0.6 is 0 Å². The Morgan fingerprint density at radius 3 is 3.06 bits per heavy atom. The summed E-state index contributed by atoms with van der Waals surface area (Å²) in [6, 6.07) is 3.65. The Labute approximate surface area is 107 Å². The molecule has 1 saturated heterocycles. The SMILES string of the molecule is O=C(CCOC1CCNCC1)NCc1ccco1. The van der Waals surface area contributed by atoms with Crippen LogP contribution in [0.3, 0.4) is 0 Å². The van der Waals surface area contributed by atoms with E-state index in [1.807, 2.05) is 12.1 Å². The van der Waals surface area contributed by atoms with Crippen molar-refractivity contribution in [2.75, 3.05) is 19.7 Å². The molecule has 1 amide bonds. The highest BCUT2D eigenvalue weighted by Crippen LogP contribution is 2.07. The number of rotatable bonds is 6. The molecule has 0 bridgehead atoms. The van der Waals surface area contributed by atoms with Gasteiger partial charge in [0.1, 0.15) is 5.76 Å². The Kier molecular flexibility index (Phi) is 5.23. The second-order valence-corrected chi connectivity index (χ2v) is 4.43. The van der Waals surface area contributed by atoms with Crippen molar-refractivity contribution < 1.29 is 13.9 Å². The van der Waals surface area contributed by atoms with E-state index in [1.54, 1.807) is 6.26 Å². The van der Waals surface area contributed by atoms with Crippen molar-refractivity contribution in [2.45, 2.75) is 31.9 Å². The van der Waals surface area contributed by atoms with Gasteiger partial charge in [-0.2, -0.15) is 0 Å². The number of nitrogens with one attached hydrogen (secondary N) is 2. The summed E-state index contributed by atoms with van der Waals surface area (Å²) in [5.74, 6) is 0.767. The van der Waals surface area contributed by atoms with Gasteiger partial charge in [-0.25, -0.2) is 0 Å². The lowest BCUT2D eigenvalue weighted by molar-refractivity contribution is -0.123. The fraction of sp³-hybridized carbons (Fsp3) is 0.615. The van der Waals surface area contributed by atoms with Crippen molar-refractivity contribution in [2.24, 2.45) is 0 Å². The molecule has 2 N–H and O–H groups in total. The van der Waals surface area contributed by atoms with Gasteiger partial charge in [0, 0.05) is 6.42 Å². The normalized spacial score (nSPS) is 16.7. The number of hydrogen-bond donors (Lipinski definition) is 2. The molecule has 2 heterocycles. The standard InChI is InChI=1S/C13H20N2O3/c16-13(15-10-12-2-1-8-17-12)5-9-18-11-3-6-14-7-4-11/h1-2,8,11,14H,3-7,9-10H2,(H,15,16). The Hall–Kier alpha value is -1.33. The van der Waals surface area contributed by atoms with Crippen LogP contribution in [-0.4, -0.2) is 31.7 Å². The largest absolute Gasteiger partial charge is 0.467 e. The van der Waals surface area contributed by atoms with Gasteiger partial charge < -0.3 is 19.8 Å². The second kappa shape index (κ2) is 7.18. The van der Waals surface area contributed by atoms with Crippen LogP contribution in [0.2, 0.25) is 0 Å². The van der Waals surface area contributed by atoms with Crippen LogP contribution < -0.4 is 10.6 Å². The van der Waals surface area contributed by atoms with Crippen LogP contribution in [0.5, 0.6) is 0 Å². The topological polar surface area (TPSA) is 63.5 Å². The summed E-state index contributed by atoms with van der Waals surface area (Å²) in [5.41, 5.74) is 0. The van der Waals surface area contributed by atoms with E-state index in [1.165, 1.54) is 0 Å². The van der Waals surface area contributed by atoms with E-state index in [0.717, 1.165) is 31.7 Å². The highest BCUT2D eigenvalue weighted by atomic mass is 16.5. The predicted molar refractivity (Wildman–Crippen MR) is 67.0 cm³/mol. The minimum Gasteiger partial charge on any atom is -0.467 e. The monoisotopic (exact) mass is 252 g/mol. The van der Waals surface area contributed by atoms with Gasteiger partial charge in [0.15, 0.2) is 0 Å². The molecule has 0 unspecified atom stereocenters. The summed E-state index contributed by atoms with van der Waals surface area (Å²) in [7, 11) is 0. The molecule has 2 rings (SSSR count). The van der Waals surface area contributed by atoms with Gasteiger partial charge in [0.25, 0.3) is 0 Å². The third-order valence-corrected chi connectivity index (χ3v) is 3.01. The van der Waals surface area contributed by atoms with Crippen LogP contribution in [0.4, 0.5) is 0 Å². The summed E-state index contributed by atoms with van der Waals surface area (Å²) in [6.45, 7) is 2.96. The number of furan rings is 1. The quantitative estimate of drug-likeness (QED) is 0.794. The summed E-state index contributed by atoms with van der Waals surface area (Å²) in [6.07, 6.45) is 4.39. The van der Waals surface area contributed by atoms with Crippen LogP contribution in [-0.2, 0) is 16.1 Å². The molecule has 1 aromatic heterocycles. The number of carbonyl (C=O) groups is 1. The first-order valence-electron chi connectivity index (χ1n) is 6.46. The highest BCUT2D eigenvalue weighted by molar-refractivity contribution is 5.75. The average molecular weight is 252 g/mol. The van der Waals surface area contributed by atoms with Crippen LogP contribution in [0.15, 0.2) is 22.8 Å².